The third-order valence-electron chi connectivity index (χ3n) is 3.71. The Hall–Kier alpha value is 0.137. The molecule has 0 spiro atoms. The maximum atomic E-state index is 9.23. The second-order valence-corrected chi connectivity index (χ2v) is 10.7. The third kappa shape index (κ3) is 4.25. The van der Waals surface area contributed by atoms with E-state index in [9.17, 15) is 5.11 Å². The summed E-state index contributed by atoms with van der Waals surface area (Å²) < 4.78 is 6.23. The lowest BCUT2D eigenvalue weighted by Crippen LogP contribution is -2.45. The number of aliphatic hydroxyl groups is 1. The zero-order valence-electron chi connectivity index (χ0n) is 11.4. The molecule has 1 N–H and O–H groups in total. The molecule has 2 nitrogen and oxygen atoms in total. The van der Waals surface area contributed by atoms with Gasteiger partial charge in [0.15, 0.2) is 8.32 Å². The highest BCUT2D eigenvalue weighted by Gasteiger charge is 2.39. The van der Waals surface area contributed by atoms with Crippen molar-refractivity contribution in [2.45, 2.75) is 65.3 Å². The van der Waals surface area contributed by atoms with Gasteiger partial charge in [-0.2, -0.15) is 0 Å². The monoisotopic (exact) mass is 232 g/mol. The van der Waals surface area contributed by atoms with Gasteiger partial charge in [-0.3, -0.25) is 0 Å². The highest BCUT2D eigenvalue weighted by atomic mass is 28.4. The summed E-state index contributed by atoms with van der Waals surface area (Å²) in [6, 6.07) is 0. The van der Waals surface area contributed by atoms with Crippen molar-refractivity contribution in [3.05, 3.63) is 0 Å². The van der Waals surface area contributed by atoms with Crippen molar-refractivity contribution in [1.29, 1.82) is 0 Å². The van der Waals surface area contributed by atoms with Gasteiger partial charge in [-0.1, -0.05) is 27.7 Å². The van der Waals surface area contributed by atoms with Crippen molar-refractivity contribution < 1.29 is 9.53 Å². The van der Waals surface area contributed by atoms with Crippen LogP contribution in [0.4, 0.5) is 0 Å². The summed E-state index contributed by atoms with van der Waals surface area (Å²) in [7, 11) is -1.67. The van der Waals surface area contributed by atoms with Crippen molar-refractivity contribution in [3.8, 4) is 0 Å². The normalized spacial score (nSPS) is 17.6. The second kappa shape index (κ2) is 5.46. The van der Waals surface area contributed by atoms with Gasteiger partial charge in [0.1, 0.15) is 0 Å². The molecule has 0 bridgehead atoms. The highest BCUT2D eigenvalue weighted by molar-refractivity contribution is 6.74. The number of hydrogen-bond acceptors (Lipinski definition) is 2. The second-order valence-electron chi connectivity index (χ2n) is 5.93. The van der Waals surface area contributed by atoms with Crippen LogP contribution in [-0.2, 0) is 4.43 Å². The van der Waals surface area contributed by atoms with Crippen molar-refractivity contribution in [2.24, 2.45) is 5.92 Å². The summed E-state index contributed by atoms with van der Waals surface area (Å²) in [4.78, 5) is 0. The standard InChI is InChI=1S/C12H28O2Si/c1-8-11(9-13)10(2)14-15(6,7)12(3,4)5/h10-11,13H,8-9H2,1-7H3/t10-,11+/m1/s1. The Morgan fingerprint density at radius 3 is 2.00 bits per heavy atom. The van der Waals surface area contributed by atoms with Gasteiger partial charge in [0, 0.05) is 18.6 Å². The summed E-state index contributed by atoms with van der Waals surface area (Å²) in [5, 5.41) is 9.48. The maximum absolute atomic E-state index is 9.23. The Kier molecular flexibility index (Phi) is 5.51. The zero-order valence-corrected chi connectivity index (χ0v) is 12.4. The Balaban J connectivity index is 4.45. The molecule has 0 radical (unpaired) electrons. The molecule has 0 aliphatic rings. The van der Waals surface area contributed by atoms with Gasteiger partial charge in [0.25, 0.3) is 0 Å². The Bertz CT molecular complexity index is 181. The van der Waals surface area contributed by atoms with Crippen LogP contribution in [0.1, 0.15) is 41.0 Å². The van der Waals surface area contributed by atoms with E-state index in [0.29, 0.717) is 0 Å². The molecular weight excluding hydrogens is 204 g/mol. The molecular formula is C12H28O2Si. The first-order valence-corrected chi connectivity index (χ1v) is 8.85. The van der Waals surface area contributed by atoms with Crippen LogP contribution in [0.5, 0.6) is 0 Å². The molecule has 0 rings (SSSR count). The van der Waals surface area contributed by atoms with Crippen LogP contribution in [0.15, 0.2) is 0 Å². The quantitative estimate of drug-likeness (QED) is 0.736. The Labute approximate surface area is 96.2 Å². The Morgan fingerprint density at radius 2 is 1.73 bits per heavy atom. The van der Waals surface area contributed by atoms with E-state index in [1.54, 1.807) is 0 Å². The fourth-order valence-electron chi connectivity index (χ4n) is 1.35. The van der Waals surface area contributed by atoms with Crippen LogP contribution in [0.3, 0.4) is 0 Å². The minimum absolute atomic E-state index is 0.167. The molecule has 0 aromatic carbocycles. The summed E-state index contributed by atoms with van der Waals surface area (Å²) in [5.74, 6) is 0.277. The van der Waals surface area contributed by atoms with Gasteiger partial charge >= 0.3 is 0 Å². The molecule has 0 unspecified atom stereocenters. The van der Waals surface area contributed by atoms with E-state index in [1.165, 1.54) is 0 Å². The third-order valence-corrected chi connectivity index (χ3v) is 8.28. The molecule has 0 amide bonds. The van der Waals surface area contributed by atoms with Gasteiger partial charge in [0.05, 0.1) is 0 Å². The first-order valence-electron chi connectivity index (χ1n) is 5.94. The SMILES string of the molecule is CC[C@@H](CO)[C@@H](C)O[Si](C)(C)C(C)(C)C. The molecule has 0 fully saturated rings. The lowest BCUT2D eigenvalue weighted by atomic mass is 10.0. The zero-order chi connectivity index (χ0) is 12.3. The first-order chi connectivity index (χ1) is 6.65. The van der Waals surface area contributed by atoms with E-state index >= 15 is 0 Å². The molecule has 0 heterocycles. The van der Waals surface area contributed by atoms with Gasteiger partial charge in [-0.05, 0) is 31.5 Å². The van der Waals surface area contributed by atoms with E-state index in [1.807, 2.05) is 0 Å². The number of aliphatic hydroxyl groups excluding tert-OH is 1. The predicted molar refractivity (Wildman–Crippen MR) is 68.6 cm³/mol. The average molecular weight is 232 g/mol. The van der Waals surface area contributed by atoms with Crippen LogP contribution in [0, 0.1) is 5.92 Å². The van der Waals surface area contributed by atoms with E-state index in [-0.39, 0.29) is 23.7 Å². The maximum Gasteiger partial charge on any atom is 0.192 e. The molecule has 0 aromatic heterocycles. The number of rotatable bonds is 5. The van der Waals surface area contributed by atoms with E-state index in [0.717, 1.165) is 6.42 Å². The molecule has 0 aliphatic heterocycles. The smallest absolute Gasteiger partial charge is 0.192 e. The predicted octanol–water partition coefficient (Wildman–Crippen LogP) is 3.42. The van der Waals surface area contributed by atoms with Crippen LogP contribution < -0.4 is 0 Å². The highest BCUT2D eigenvalue weighted by Crippen LogP contribution is 2.38. The molecule has 2 atom stereocenters. The summed E-state index contributed by atoms with van der Waals surface area (Å²) in [6.07, 6.45) is 1.15. The Morgan fingerprint density at radius 1 is 1.27 bits per heavy atom. The molecule has 0 aliphatic carbocycles. The lowest BCUT2D eigenvalue weighted by Gasteiger charge is -2.40. The first kappa shape index (κ1) is 15.1. The fourth-order valence-corrected chi connectivity index (χ4v) is 2.82. The molecule has 0 aromatic rings. The fraction of sp³-hybridized carbons (Fsp3) is 1.00. The number of hydrogen-bond donors (Lipinski definition) is 1. The lowest BCUT2D eigenvalue weighted by molar-refractivity contribution is 0.0859. The summed E-state index contributed by atoms with van der Waals surface area (Å²) in [6.45, 7) is 15.7. The molecule has 0 saturated heterocycles. The topological polar surface area (TPSA) is 29.5 Å². The van der Waals surface area contributed by atoms with E-state index in [2.05, 4.69) is 47.7 Å². The van der Waals surface area contributed by atoms with E-state index in [4.69, 9.17) is 4.43 Å². The van der Waals surface area contributed by atoms with Crippen LogP contribution in [0.2, 0.25) is 18.1 Å². The van der Waals surface area contributed by atoms with Gasteiger partial charge < -0.3 is 9.53 Å². The van der Waals surface area contributed by atoms with Crippen LogP contribution >= 0.6 is 0 Å². The van der Waals surface area contributed by atoms with Crippen molar-refractivity contribution in [3.63, 3.8) is 0 Å². The molecule has 0 saturated carbocycles. The van der Waals surface area contributed by atoms with Crippen LogP contribution in [-0.4, -0.2) is 26.1 Å². The van der Waals surface area contributed by atoms with Gasteiger partial charge in [-0.25, -0.2) is 0 Å². The minimum Gasteiger partial charge on any atom is -0.414 e. The molecule has 15 heavy (non-hydrogen) atoms. The van der Waals surface area contributed by atoms with Crippen molar-refractivity contribution >= 4 is 8.32 Å². The van der Waals surface area contributed by atoms with Gasteiger partial charge in [0.2, 0.25) is 0 Å². The van der Waals surface area contributed by atoms with Crippen molar-refractivity contribution in [2.75, 3.05) is 6.61 Å². The summed E-state index contributed by atoms with van der Waals surface area (Å²) >= 11 is 0. The average Bonchev–Trinajstić information content (AvgIpc) is 2.03. The van der Waals surface area contributed by atoms with Crippen LogP contribution in [0.25, 0.3) is 0 Å². The molecule has 92 valence electrons. The minimum atomic E-state index is -1.67. The van der Waals surface area contributed by atoms with E-state index < -0.39 is 8.32 Å². The largest absolute Gasteiger partial charge is 0.414 e. The molecule has 3 heteroatoms. The van der Waals surface area contributed by atoms with Gasteiger partial charge in [-0.15, -0.1) is 0 Å². The van der Waals surface area contributed by atoms with Crippen molar-refractivity contribution in [1.82, 2.24) is 0 Å². The summed E-state index contributed by atoms with van der Waals surface area (Å²) in [5.41, 5.74) is 0.